The lowest BCUT2D eigenvalue weighted by Crippen LogP contribution is -2.56. The van der Waals surface area contributed by atoms with Gasteiger partial charge in [0.2, 0.25) is 11.9 Å². The second kappa shape index (κ2) is 11.3. The monoisotopic (exact) mass is 549 g/mol. The number of nitrogens with zero attached hydrogens (tertiary/aromatic N) is 4. The van der Waals surface area contributed by atoms with Gasteiger partial charge < -0.3 is 15.4 Å². The highest BCUT2D eigenvalue weighted by molar-refractivity contribution is 6.42. The summed E-state index contributed by atoms with van der Waals surface area (Å²) in [4.78, 5) is 17.5. The number of carbonyl (C=O) groups is 1. The van der Waals surface area contributed by atoms with Crippen LogP contribution in [0.3, 0.4) is 0 Å². The fraction of sp³-hybridized carbons (Fsp3) is 0.333. The minimum Gasteiger partial charge on any atom is -0.435 e. The topological polar surface area (TPSA) is 114 Å². The lowest BCUT2D eigenvalue weighted by Gasteiger charge is -2.26. The minimum atomic E-state index is -2.99. The largest absolute Gasteiger partial charge is 0.435 e. The van der Waals surface area contributed by atoms with Crippen LogP contribution in [-0.2, 0) is 4.79 Å². The van der Waals surface area contributed by atoms with E-state index in [4.69, 9.17) is 23.2 Å². The Kier molecular flexibility index (Phi) is 8.12. The molecule has 37 heavy (non-hydrogen) atoms. The molecule has 13 heteroatoms. The molecular formula is C24H23Cl2F2N7O2. The average Bonchev–Trinajstić information content (AvgIpc) is 3.48. The molecule has 1 amide bonds. The molecule has 2 aromatic carbocycles. The van der Waals surface area contributed by atoms with Crippen molar-refractivity contribution in [1.29, 1.82) is 5.26 Å². The van der Waals surface area contributed by atoms with E-state index in [1.54, 1.807) is 24.3 Å². The van der Waals surface area contributed by atoms with Crippen LogP contribution >= 0.6 is 23.2 Å². The number of carbonyl (C=O) groups excluding carboxylic acids is 1. The van der Waals surface area contributed by atoms with Crippen molar-refractivity contribution in [2.45, 2.75) is 38.0 Å². The van der Waals surface area contributed by atoms with E-state index in [0.29, 0.717) is 27.7 Å². The van der Waals surface area contributed by atoms with Gasteiger partial charge in [-0.1, -0.05) is 35.3 Å². The van der Waals surface area contributed by atoms with Crippen molar-refractivity contribution < 1.29 is 18.3 Å². The second-order valence-electron chi connectivity index (χ2n) is 8.63. The van der Waals surface area contributed by atoms with Crippen LogP contribution in [0.5, 0.6) is 5.75 Å². The molecule has 2 aliphatic heterocycles. The van der Waals surface area contributed by atoms with Crippen molar-refractivity contribution in [3.63, 3.8) is 0 Å². The summed E-state index contributed by atoms with van der Waals surface area (Å²) in [5.41, 5.74) is 0.631. The maximum atomic E-state index is 13.2. The van der Waals surface area contributed by atoms with Crippen LogP contribution in [0, 0.1) is 11.5 Å². The quantitative estimate of drug-likeness (QED) is 0.217. The van der Waals surface area contributed by atoms with Crippen molar-refractivity contribution >= 4 is 46.5 Å². The van der Waals surface area contributed by atoms with Crippen LogP contribution in [0.1, 0.15) is 25.3 Å². The third-order valence-corrected chi connectivity index (χ3v) is 6.73. The first-order valence-electron chi connectivity index (χ1n) is 11.3. The number of rotatable bonds is 6. The molecule has 0 aliphatic carbocycles. The molecule has 0 radical (unpaired) electrons. The van der Waals surface area contributed by atoms with Crippen LogP contribution in [-0.4, -0.2) is 53.9 Å². The Morgan fingerprint density at radius 2 is 2.14 bits per heavy atom. The third-order valence-electron chi connectivity index (χ3n) is 5.99. The Labute approximate surface area is 222 Å². The van der Waals surface area contributed by atoms with E-state index < -0.39 is 18.2 Å². The SMILES string of the molecule is C[C@]1(C(=O)N[C@H]2CN(C(=Nc3cccc(OC(F)F)c3)NC#N)N=C2c2ccc(Cl)c(Cl)c2)CCCN1. The highest BCUT2D eigenvalue weighted by atomic mass is 35.5. The summed E-state index contributed by atoms with van der Waals surface area (Å²) in [7, 11) is 0. The van der Waals surface area contributed by atoms with Gasteiger partial charge in [-0.05, 0) is 50.6 Å². The van der Waals surface area contributed by atoms with Crippen molar-refractivity contribution in [2.24, 2.45) is 10.1 Å². The van der Waals surface area contributed by atoms with Crippen LogP contribution < -0.4 is 20.7 Å². The summed E-state index contributed by atoms with van der Waals surface area (Å²) in [6.07, 6.45) is 3.38. The number of alkyl halides is 2. The molecule has 0 saturated carbocycles. The van der Waals surface area contributed by atoms with Gasteiger partial charge in [0, 0.05) is 11.6 Å². The molecule has 9 nitrogen and oxygen atoms in total. The molecule has 1 fully saturated rings. The third kappa shape index (κ3) is 6.28. The highest BCUT2D eigenvalue weighted by Gasteiger charge is 2.40. The Hall–Kier alpha value is -3.46. The fourth-order valence-corrected chi connectivity index (χ4v) is 4.42. The number of aliphatic imine (C=N–C) groups is 1. The number of hydrogen-bond acceptors (Lipinski definition) is 6. The number of benzene rings is 2. The van der Waals surface area contributed by atoms with E-state index >= 15 is 0 Å². The predicted octanol–water partition coefficient (Wildman–Crippen LogP) is 4.00. The molecule has 3 N–H and O–H groups in total. The van der Waals surface area contributed by atoms with E-state index in [9.17, 15) is 18.8 Å². The Morgan fingerprint density at radius 1 is 1.32 bits per heavy atom. The standard InChI is InChI=1S/C24H23Cl2F2N7O2/c1-24(8-3-9-31-24)21(36)33-19-12-35(34-20(19)14-6-7-17(25)18(26)10-14)23(30-13-29)32-15-4-2-5-16(11-15)37-22(27)28/h2,4-7,10-11,19,22,31H,3,8-9,12H2,1H3,(H,30,32)(H,33,36)/t19-,24+/m0/s1. The molecule has 0 aromatic heterocycles. The van der Waals surface area contributed by atoms with Gasteiger partial charge in [0.05, 0.1) is 39.6 Å². The molecule has 194 valence electrons. The zero-order chi connectivity index (χ0) is 26.6. The van der Waals surface area contributed by atoms with Gasteiger partial charge in [-0.3, -0.25) is 10.1 Å². The van der Waals surface area contributed by atoms with E-state index in [1.165, 1.54) is 23.2 Å². The second-order valence-corrected chi connectivity index (χ2v) is 9.45. The van der Waals surface area contributed by atoms with Gasteiger partial charge in [0.15, 0.2) is 6.19 Å². The number of halogens is 4. The van der Waals surface area contributed by atoms with Crippen molar-refractivity contribution in [3.8, 4) is 11.9 Å². The molecule has 0 unspecified atom stereocenters. The molecule has 2 aromatic rings. The van der Waals surface area contributed by atoms with Gasteiger partial charge in [-0.25, -0.2) is 10.0 Å². The Morgan fingerprint density at radius 3 is 2.81 bits per heavy atom. The highest BCUT2D eigenvalue weighted by Crippen LogP contribution is 2.27. The smallest absolute Gasteiger partial charge is 0.387 e. The van der Waals surface area contributed by atoms with Crippen LogP contribution in [0.4, 0.5) is 14.5 Å². The van der Waals surface area contributed by atoms with Crippen molar-refractivity contribution in [3.05, 3.63) is 58.1 Å². The van der Waals surface area contributed by atoms with Crippen LogP contribution in [0.15, 0.2) is 52.6 Å². The summed E-state index contributed by atoms with van der Waals surface area (Å²) in [6, 6.07) is 10.1. The number of guanidine groups is 1. The van der Waals surface area contributed by atoms with Crippen LogP contribution in [0.2, 0.25) is 10.0 Å². The normalized spacial score (nSPS) is 21.5. The molecule has 2 heterocycles. The molecule has 0 bridgehead atoms. The first-order valence-corrected chi connectivity index (χ1v) is 12.1. The van der Waals surface area contributed by atoms with E-state index in [-0.39, 0.29) is 29.8 Å². The minimum absolute atomic E-state index is 0.0243. The summed E-state index contributed by atoms with van der Waals surface area (Å²) >= 11 is 12.3. The Bertz CT molecular complexity index is 1280. The molecule has 0 spiro atoms. The van der Waals surface area contributed by atoms with Gasteiger partial charge >= 0.3 is 6.61 Å². The molecule has 2 atom stereocenters. The number of hydrazone groups is 1. The lowest BCUT2D eigenvalue weighted by atomic mass is 9.97. The maximum Gasteiger partial charge on any atom is 0.387 e. The number of amides is 1. The first kappa shape index (κ1) is 26.6. The van der Waals surface area contributed by atoms with E-state index in [1.807, 2.05) is 13.1 Å². The molecule has 4 rings (SSSR count). The number of hydrogen-bond donors (Lipinski definition) is 3. The lowest BCUT2D eigenvalue weighted by molar-refractivity contribution is -0.126. The van der Waals surface area contributed by atoms with Crippen molar-refractivity contribution in [2.75, 3.05) is 13.1 Å². The predicted molar refractivity (Wildman–Crippen MR) is 136 cm³/mol. The van der Waals surface area contributed by atoms with Gasteiger partial charge in [-0.2, -0.15) is 19.1 Å². The molecule has 1 saturated heterocycles. The Balaban J connectivity index is 1.67. The van der Waals surface area contributed by atoms with E-state index in [0.717, 1.165) is 13.0 Å². The number of ether oxygens (including phenoxy) is 1. The van der Waals surface area contributed by atoms with Gasteiger partial charge in [0.1, 0.15) is 5.75 Å². The summed E-state index contributed by atoms with van der Waals surface area (Å²) in [5, 5.41) is 24.8. The zero-order valence-corrected chi connectivity index (χ0v) is 21.2. The van der Waals surface area contributed by atoms with Gasteiger partial charge in [0.25, 0.3) is 0 Å². The van der Waals surface area contributed by atoms with Crippen LogP contribution in [0.25, 0.3) is 0 Å². The summed E-state index contributed by atoms with van der Waals surface area (Å²) in [5.74, 6) is -0.249. The fourth-order valence-electron chi connectivity index (χ4n) is 4.12. The number of nitriles is 1. The number of nitrogens with one attached hydrogen (secondary N) is 3. The summed E-state index contributed by atoms with van der Waals surface area (Å²) < 4.78 is 29.7. The van der Waals surface area contributed by atoms with E-state index in [2.05, 4.69) is 30.8 Å². The maximum absolute atomic E-state index is 13.2. The first-order chi connectivity index (χ1) is 17.7. The molecule has 2 aliphatic rings. The van der Waals surface area contributed by atoms with Crippen molar-refractivity contribution in [1.82, 2.24) is 21.0 Å². The molecular weight excluding hydrogens is 527 g/mol. The average molecular weight is 550 g/mol. The zero-order valence-electron chi connectivity index (χ0n) is 19.6. The summed E-state index contributed by atoms with van der Waals surface area (Å²) in [6.45, 7) is -0.270. The van der Waals surface area contributed by atoms with Gasteiger partial charge in [-0.15, -0.1) is 0 Å².